The first kappa shape index (κ1) is 14.7. The molecule has 0 aromatic heterocycles. The van der Waals surface area contributed by atoms with Gasteiger partial charge < -0.3 is 20.5 Å². The molecule has 0 aliphatic heterocycles. The Morgan fingerprint density at radius 2 is 1.90 bits per heavy atom. The maximum atomic E-state index is 12.2. The van der Waals surface area contributed by atoms with Gasteiger partial charge in [0.2, 0.25) is 0 Å². The SMILES string of the molecule is COc1ccc(N)cc1NC(=O)[C@H](C)Oc1ccccc1. The van der Waals surface area contributed by atoms with Gasteiger partial charge in [0.1, 0.15) is 11.5 Å². The van der Waals surface area contributed by atoms with Crippen LogP contribution in [-0.2, 0) is 4.79 Å². The van der Waals surface area contributed by atoms with Crippen molar-refractivity contribution in [1.82, 2.24) is 0 Å². The lowest BCUT2D eigenvalue weighted by Crippen LogP contribution is -2.30. The molecular formula is C16H18N2O3. The lowest BCUT2D eigenvalue weighted by molar-refractivity contribution is -0.122. The van der Waals surface area contributed by atoms with Crippen molar-refractivity contribution < 1.29 is 14.3 Å². The molecule has 0 spiro atoms. The smallest absolute Gasteiger partial charge is 0.265 e. The van der Waals surface area contributed by atoms with Crippen LogP contribution in [0.4, 0.5) is 11.4 Å². The Labute approximate surface area is 123 Å². The third-order valence-electron chi connectivity index (χ3n) is 2.91. The normalized spacial score (nSPS) is 11.5. The summed E-state index contributed by atoms with van der Waals surface area (Å²) in [5, 5.41) is 2.75. The van der Waals surface area contributed by atoms with E-state index in [0.29, 0.717) is 22.9 Å². The van der Waals surface area contributed by atoms with Crippen molar-refractivity contribution in [3.05, 3.63) is 48.5 Å². The number of para-hydroxylation sites is 1. The highest BCUT2D eigenvalue weighted by Gasteiger charge is 2.16. The number of anilines is 2. The second kappa shape index (κ2) is 6.65. The van der Waals surface area contributed by atoms with Crippen molar-refractivity contribution in [1.29, 1.82) is 0 Å². The number of nitrogens with two attached hydrogens (primary N) is 1. The van der Waals surface area contributed by atoms with Crippen molar-refractivity contribution in [2.45, 2.75) is 13.0 Å². The van der Waals surface area contributed by atoms with E-state index in [2.05, 4.69) is 5.32 Å². The largest absolute Gasteiger partial charge is 0.495 e. The van der Waals surface area contributed by atoms with Crippen LogP contribution in [0.25, 0.3) is 0 Å². The van der Waals surface area contributed by atoms with Gasteiger partial charge in [-0.2, -0.15) is 0 Å². The summed E-state index contributed by atoms with van der Waals surface area (Å²) >= 11 is 0. The van der Waals surface area contributed by atoms with Crippen molar-refractivity contribution in [3.63, 3.8) is 0 Å². The number of methoxy groups -OCH3 is 1. The van der Waals surface area contributed by atoms with Gasteiger partial charge in [0, 0.05) is 5.69 Å². The topological polar surface area (TPSA) is 73.6 Å². The molecule has 0 radical (unpaired) electrons. The number of amides is 1. The molecule has 0 saturated heterocycles. The van der Waals surface area contributed by atoms with Gasteiger partial charge in [0.15, 0.2) is 6.10 Å². The van der Waals surface area contributed by atoms with Crippen molar-refractivity contribution in [3.8, 4) is 11.5 Å². The molecule has 0 unspecified atom stereocenters. The fourth-order valence-corrected chi connectivity index (χ4v) is 1.81. The van der Waals surface area contributed by atoms with E-state index in [0.717, 1.165) is 0 Å². The molecule has 110 valence electrons. The average molecular weight is 286 g/mol. The van der Waals surface area contributed by atoms with E-state index in [1.807, 2.05) is 18.2 Å². The standard InChI is InChI=1S/C16H18N2O3/c1-11(21-13-6-4-3-5-7-13)16(19)18-14-10-12(17)8-9-15(14)20-2/h3-11H,17H2,1-2H3,(H,18,19)/t11-/m0/s1. The molecule has 1 atom stereocenters. The number of ether oxygens (including phenoxy) is 2. The molecule has 0 aliphatic rings. The summed E-state index contributed by atoms with van der Waals surface area (Å²) < 4.78 is 10.8. The van der Waals surface area contributed by atoms with Crippen LogP contribution in [0.15, 0.2) is 48.5 Å². The zero-order chi connectivity index (χ0) is 15.2. The van der Waals surface area contributed by atoms with Crippen LogP contribution >= 0.6 is 0 Å². The fraction of sp³-hybridized carbons (Fsp3) is 0.188. The minimum atomic E-state index is -0.640. The van der Waals surface area contributed by atoms with Crippen LogP contribution in [0.2, 0.25) is 0 Å². The van der Waals surface area contributed by atoms with Gasteiger partial charge in [-0.1, -0.05) is 18.2 Å². The first-order chi connectivity index (χ1) is 10.1. The molecule has 1 amide bonds. The first-order valence-corrected chi connectivity index (χ1v) is 6.56. The lowest BCUT2D eigenvalue weighted by Gasteiger charge is -2.16. The van der Waals surface area contributed by atoms with Gasteiger partial charge in [-0.3, -0.25) is 4.79 Å². The summed E-state index contributed by atoms with van der Waals surface area (Å²) in [6.45, 7) is 1.68. The minimum Gasteiger partial charge on any atom is -0.495 e. The van der Waals surface area contributed by atoms with Crippen LogP contribution in [0.1, 0.15) is 6.92 Å². The second-order valence-corrected chi connectivity index (χ2v) is 4.52. The number of hydrogen-bond donors (Lipinski definition) is 2. The maximum absolute atomic E-state index is 12.2. The summed E-state index contributed by atoms with van der Waals surface area (Å²) in [5.41, 5.74) is 6.78. The number of rotatable bonds is 5. The molecule has 0 saturated carbocycles. The number of carbonyl (C=O) groups is 1. The van der Waals surface area contributed by atoms with Crippen molar-refractivity contribution in [2.24, 2.45) is 0 Å². The number of benzene rings is 2. The Morgan fingerprint density at radius 3 is 2.57 bits per heavy atom. The molecule has 2 rings (SSSR count). The minimum absolute atomic E-state index is 0.275. The van der Waals surface area contributed by atoms with Gasteiger partial charge >= 0.3 is 0 Å². The Kier molecular flexibility index (Phi) is 4.66. The third-order valence-corrected chi connectivity index (χ3v) is 2.91. The average Bonchev–Trinajstić information content (AvgIpc) is 2.48. The van der Waals surface area contributed by atoms with Gasteiger partial charge in [-0.15, -0.1) is 0 Å². The summed E-state index contributed by atoms with van der Waals surface area (Å²) in [4.78, 5) is 12.2. The van der Waals surface area contributed by atoms with Gasteiger partial charge in [-0.05, 0) is 37.3 Å². The van der Waals surface area contributed by atoms with Gasteiger partial charge in [0.25, 0.3) is 5.91 Å². The van der Waals surface area contributed by atoms with E-state index in [9.17, 15) is 4.79 Å². The van der Waals surface area contributed by atoms with Crippen molar-refractivity contribution >= 4 is 17.3 Å². The van der Waals surface area contributed by atoms with E-state index in [1.54, 1.807) is 37.3 Å². The highest BCUT2D eigenvalue weighted by Crippen LogP contribution is 2.26. The summed E-state index contributed by atoms with van der Waals surface area (Å²) in [6.07, 6.45) is -0.640. The van der Waals surface area contributed by atoms with E-state index in [4.69, 9.17) is 15.2 Å². The highest BCUT2D eigenvalue weighted by atomic mass is 16.5. The summed E-state index contributed by atoms with van der Waals surface area (Å²) in [6, 6.07) is 14.2. The molecule has 0 aliphatic carbocycles. The van der Waals surface area contributed by atoms with Gasteiger partial charge in [-0.25, -0.2) is 0 Å². The Morgan fingerprint density at radius 1 is 1.19 bits per heavy atom. The fourth-order valence-electron chi connectivity index (χ4n) is 1.81. The second-order valence-electron chi connectivity index (χ2n) is 4.52. The monoisotopic (exact) mass is 286 g/mol. The molecule has 2 aromatic rings. The molecular weight excluding hydrogens is 268 g/mol. The third kappa shape index (κ3) is 3.89. The van der Waals surface area contributed by atoms with E-state index < -0.39 is 6.10 Å². The number of nitrogens with one attached hydrogen (secondary N) is 1. The van der Waals surface area contributed by atoms with Crippen LogP contribution in [0, 0.1) is 0 Å². The van der Waals surface area contributed by atoms with Crippen LogP contribution < -0.4 is 20.5 Å². The van der Waals surface area contributed by atoms with Crippen molar-refractivity contribution in [2.75, 3.05) is 18.2 Å². The van der Waals surface area contributed by atoms with Gasteiger partial charge in [0.05, 0.1) is 12.8 Å². The molecule has 5 heteroatoms. The Bertz CT molecular complexity index is 614. The first-order valence-electron chi connectivity index (χ1n) is 6.56. The zero-order valence-corrected chi connectivity index (χ0v) is 12.0. The summed E-state index contributed by atoms with van der Waals surface area (Å²) in [7, 11) is 1.53. The van der Waals surface area contributed by atoms with Crippen LogP contribution in [0.5, 0.6) is 11.5 Å². The number of hydrogen-bond acceptors (Lipinski definition) is 4. The molecule has 2 aromatic carbocycles. The molecule has 0 heterocycles. The number of carbonyl (C=O) groups excluding carboxylic acids is 1. The predicted molar refractivity (Wildman–Crippen MR) is 82.6 cm³/mol. The molecule has 0 bridgehead atoms. The Hall–Kier alpha value is -2.69. The lowest BCUT2D eigenvalue weighted by atomic mass is 10.2. The summed E-state index contributed by atoms with van der Waals surface area (Å²) in [5.74, 6) is 0.909. The van der Waals surface area contributed by atoms with Crippen LogP contribution in [0.3, 0.4) is 0 Å². The zero-order valence-electron chi connectivity index (χ0n) is 12.0. The number of nitrogen functional groups attached to an aromatic ring is 1. The van der Waals surface area contributed by atoms with E-state index in [-0.39, 0.29) is 5.91 Å². The maximum Gasteiger partial charge on any atom is 0.265 e. The molecule has 21 heavy (non-hydrogen) atoms. The van der Waals surface area contributed by atoms with Crippen LogP contribution in [-0.4, -0.2) is 19.1 Å². The Balaban J connectivity index is 2.05. The quantitative estimate of drug-likeness (QED) is 0.829. The van der Waals surface area contributed by atoms with E-state index in [1.165, 1.54) is 7.11 Å². The highest BCUT2D eigenvalue weighted by molar-refractivity contribution is 5.95. The predicted octanol–water partition coefficient (Wildman–Crippen LogP) is 2.68. The molecule has 0 fully saturated rings. The molecule has 3 N–H and O–H groups in total. The van der Waals surface area contributed by atoms with E-state index >= 15 is 0 Å². The molecule has 5 nitrogen and oxygen atoms in total.